The van der Waals surface area contributed by atoms with E-state index in [1.165, 1.54) is 24.3 Å². The molecular formula is C21H16F3N3O4S2. The number of thiocarbonyl (C=S) groups is 1. The van der Waals surface area contributed by atoms with E-state index in [0.29, 0.717) is 37.6 Å². The molecule has 2 fully saturated rings. The van der Waals surface area contributed by atoms with Gasteiger partial charge in [-0.3, -0.25) is 19.8 Å². The number of nitro benzene ring substituents is 1. The van der Waals surface area contributed by atoms with Crippen molar-refractivity contribution >= 4 is 57.3 Å². The number of carbonyl (C=O) groups is 1. The van der Waals surface area contributed by atoms with E-state index in [0.717, 1.165) is 28.8 Å². The van der Waals surface area contributed by atoms with E-state index >= 15 is 0 Å². The molecule has 0 bridgehead atoms. The van der Waals surface area contributed by atoms with Gasteiger partial charge in [0, 0.05) is 19.2 Å². The molecule has 0 unspecified atom stereocenters. The van der Waals surface area contributed by atoms with Crippen LogP contribution in [0.25, 0.3) is 6.08 Å². The highest BCUT2D eigenvalue weighted by Gasteiger charge is 2.36. The van der Waals surface area contributed by atoms with Crippen LogP contribution in [0.3, 0.4) is 0 Å². The summed E-state index contributed by atoms with van der Waals surface area (Å²) < 4.78 is 44.6. The van der Waals surface area contributed by atoms with Gasteiger partial charge in [0.2, 0.25) is 0 Å². The molecule has 2 saturated heterocycles. The lowest BCUT2D eigenvalue weighted by molar-refractivity contribution is -0.384. The fourth-order valence-electron chi connectivity index (χ4n) is 3.51. The number of benzene rings is 2. The zero-order chi connectivity index (χ0) is 23.8. The molecule has 0 atom stereocenters. The van der Waals surface area contributed by atoms with Gasteiger partial charge in [0.25, 0.3) is 11.6 Å². The SMILES string of the molecule is O=C1C(=Cc2ccc(N3CCOCC3)c([N+](=O)[O-])c2)SC(=S)N1c1cccc(C(F)(F)F)c1. The maximum atomic E-state index is 13.1. The van der Waals surface area contributed by atoms with Crippen molar-refractivity contribution < 1.29 is 27.6 Å². The van der Waals surface area contributed by atoms with Gasteiger partial charge in [0.1, 0.15) is 5.69 Å². The highest BCUT2D eigenvalue weighted by molar-refractivity contribution is 8.27. The summed E-state index contributed by atoms with van der Waals surface area (Å²) in [4.78, 5) is 27.1. The van der Waals surface area contributed by atoms with Crippen molar-refractivity contribution in [3.05, 3.63) is 68.6 Å². The Kier molecular flexibility index (Phi) is 6.41. The highest BCUT2D eigenvalue weighted by atomic mass is 32.2. The largest absolute Gasteiger partial charge is 0.416 e. The molecule has 2 aromatic rings. The van der Waals surface area contributed by atoms with Gasteiger partial charge in [-0.05, 0) is 35.9 Å². The summed E-state index contributed by atoms with van der Waals surface area (Å²) in [6, 6.07) is 8.96. The van der Waals surface area contributed by atoms with Crippen molar-refractivity contribution in [2.24, 2.45) is 0 Å². The molecule has 7 nitrogen and oxygen atoms in total. The highest BCUT2D eigenvalue weighted by Crippen LogP contribution is 2.39. The van der Waals surface area contributed by atoms with E-state index in [1.54, 1.807) is 12.1 Å². The second-order valence-electron chi connectivity index (χ2n) is 7.17. The molecule has 0 radical (unpaired) electrons. The second-order valence-corrected chi connectivity index (χ2v) is 8.85. The van der Waals surface area contributed by atoms with Crippen LogP contribution in [0, 0.1) is 10.1 Å². The average Bonchev–Trinajstić information content (AvgIpc) is 3.06. The summed E-state index contributed by atoms with van der Waals surface area (Å²) in [5.74, 6) is -0.593. The minimum atomic E-state index is -4.56. The number of nitrogens with zero attached hydrogens (tertiary/aromatic N) is 3. The Labute approximate surface area is 195 Å². The van der Waals surface area contributed by atoms with Crippen LogP contribution in [0.2, 0.25) is 0 Å². The molecule has 172 valence electrons. The Hall–Kier alpha value is -2.96. The van der Waals surface area contributed by atoms with Crippen molar-refractivity contribution in [1.82, 2.24) is 0 Å². The fraction of sp³-hybridized carbons (Fsp3) is 0.238. The van der Waals surface area contributed by atoms with E-state index < -0.39 is 22.6 Å². The first-order chi connectivity index (χ1) is 15.6. The van der Waals surface area contributed by atoms with Gasteiger partial charge < -0.3 is 9.64 Å². The maximum absolute atomic E-state index is 13.1. The lowest BCUT2D eigenvalue weighted by Crippen LogP contribution is -2.36. The van der Waals surface area contributed by atoms with Gasteiger partial charge in [0.05, 0.1) is 34.3 Å². The molecule has 2 aliphatic heterocycles. The maximum Gasteiger partial charge on any atom is 0.416 e. The predicted molar refractivity (Wildman–Crippen MR) is 123 cm³/mol. The Bertz CT molecular complexity index is 1160. The summed E-state index contributed by atoms with van der Waals surface area (Å²) >= 11 is 6.14. The number of hydrogen-bond acceptors (Lipinski definition) is 7. The lowest BCUT2D eigenvalue weighted by atomic mass is 10.1. The summed E-state index contributed by atoms with van der Waals surface area (Å²) in [5.41, 5.74) is -0.143. The second kappa shape index (κ2) is 9.12. The predicted octanol–water partition coefficient (Wildman–Crippen LogP) is 4.86. The summed E-state index contributed by atoms with van der Waals surface area (Å²) in [7, 11) is 0. The average molecular weight is 496 g/mol. The third-order valence-electron chi connectivity index (χ3n) is 5.07. The van der Waals surface area contributed by atoms with Crippen LogP contribution >= 0.6 is 24.0 Å². The van der Waals surface area contributed by atoms with Crippen LogP contribution in [-0.4, -0.2) is 41.5 Å². The zero-order valence-corrected chi connectivity index (χ0v) is 18.5. The van der Waals surface area contributed by atoms with Crippen molar-refractivity contribution in [2.75, 3.05) is 36.1 Å². The van der Waals surface area contributed by atoms with Crippen molar-refractivity contribution in [3.8, 4) is 0 Å². The number of morpholine rings is 1. The van der Waals surface area contributed by atoms with Gasteiger partial charge in [0.15, 0.2) is 4.32 Å². The van der Waals surface area contributed by atoms with Gasteiger partial charge in [-0.2, -0.15) is 13.2 Å². The third kappa shape index (κ3) is 4.87. The minimum absolute atomic E-state index is 0.00405. The first-order valence-electron chi connectivity index (χ1n) is 9.71. The summed E-state index contributed by atoms with van der Waals surface area (Å²) in [6.07, 6.45) is -3.11. The number of halogens is 3. The first kappa shape index (κ1) is 23.2. The van der Waals surface area contributed by atoms with E-state index in [2.05, 4.69) is 0 Å². The lowest BCUT2D eigenvalue weighted by Gasteiger charge is -2.28. The van der Waals surface area contributed by atoms with E-state index in [4.69, 9.17) is 17.0 Å². The molecule has 0 saturated carbocycles. The quantitative estimate of drug-likeness (QED) is 0.260. The number of anilines is 2. The van der Waals surface area contributed by atoms with E-state index in [9.17, 15) is 28.1 Å². The molecule has 0 N–H and O–H groups in total. The Balaban J connectivity index is 1.64. The van der Waals surface area contributed by atoms with Crippen LogP contribution in [0.5, 0.6) is 0 Å². The monoisotopic (exact) mass is 495 g/mol. The minimum Gasteiger partial charge on any atom is -0.378 e. The van der Waals surface area contributed by atoms with Crippen LogP contribution in [0.4, 0.5) is 30.2 Å². The molecule has 0 spiro atoms. The Morgan fingerprint density at radius 3 is 2.55 bits per heavy atom. The summed E-state index contributed by atoms with van der Waals surface area (Å²) in [5, 5.41) is 11.7. The number of ether oxygens (including phenoxy) is 1. The smallest absolute Gasteiger partial charge is 0.378 e. The van der Waals surface area contributed by atoms with Gasteiger partial charge in [-0.1, -0.05) is 36.1 Å². The molecule has 2 heterocycles. The fourth-order valence-corrected chi connectivity index (χ4v) is 4.81. The number of nitro groups is 1. The number of carbonyl (C=O) groups excluding carboxylic acids is 1. The van der Waals surface area contributed by atoms with Crippen molar-refractivity contribution in [2.45, 2.75) is 6.18 Å². The molecule has 4 rings (SSSR count). The number of amides is 1. The van der Waals surface area contributed by atoms with Crippen LogP contribution < -0.4 is 9.80 Å². The van der Waals surface area contributed by atoms with E-state index in [1.807, 2.05) is 4.90 Å². The molecule has 2 aliphatic rings. The molecule has 33 heavy (non-hydrogen) atoms. The number of thioether (sulfide) groups is 1. The van der Waals surface area contributed by atoms with Crippen LogP contribution in [0.1, 0.15) is 11.1 Å². The molecule has 2 aromatic carbocycles. The number of hydrogen-bond donors (Lipinski definition) is 0. The van der Waals surface area contributed by atoms with Crippen molar-refractivity contribution in [3.63, 3.8) is 0 Å². The molecule has 1 amide bonds. The Morgan fingerprint density at radius 2 is 1.88 bits per heavy atom. The third-order valence-corrected chi connectivity index (χ3v) is 6.37. The molecule has 12 heteroatoms. The van der Waals surface area contributed by atoms with Gasteiger partial charge in [-0.25, -0.2) is 0 Å². The molecule has 0 aromatic heterocycles. The van der Waals surface area contributed by atoms with E-state index in [-0.39, 0.29) is 20.6 Å². The molecular weight excluding hydrogens is 479 g/mol. The normalized spacial score (nSPS) is 18.3. The van der Waals surface area contributed by atoms with Crippen LogP contribution in [0.15, 0.2) is 47.4 Å². The summed E-state index contributed by atoms with van der Waals surface area (Å²) in [6.45, 7) is 1.99. The standard InChI is InChI=1S/C21H16F3N3O4S2/c22-21(23,24)14-2-1-3-15(12-14)26-19(28)18(33-20(26)32)11-13-4-5-16(17(10-13)27(29)30)25-6-8-31-9-7-25/h1-5,10-12H,6-9H2. The molecule has 0 aliphatic carbocycles. The topological polar surface area (TPSA) is 75.9 Å². The van der Waals surface area contributed by atoms with Crippen LogP contribution in [-0.2, 0) is 15.7 Å². The van der Waals surface area contributed by atoms with Gasteiger partial charge in [-0.15, -0.1) is 0 Å². The number of alkyl halides is 3. The first-order valence-corrected chi connectivity index (χ1v) is 10.9. The zero-order valence-electron chi connectivity index (χ0n) is 16.9. The Morgan fingerprint density at radius 1 is 1.15 bits per heavy atom. The van der Waals surface area contributed by atoms with Gasteiger partial charge >= 0.3 is 6.18 Å². The van der Waals surface area contributed by atoms with Crippen molar-refractivity contribution in [1.29, 1.82) is 0 Å². The number of rotatable bonds is 4.